The Morgan fingerprint density at radius 1 is 1.14 bits per heavy atom. The molecule has 120 valence electrons. The smallest absolute Gasteiger partial charge is 0.225 e. The molecule has 0 saturated carbocycles. The lowest BCUT2D eigenvalue weighted by molar-refractivity contribution is 0.469. The van der Waals surface area contributed by atoms with Gasteiger partial charge in [0.1, 0.15) is 0 Å². The van der Waals surface area contributed by atoms with E-state index in [1.54, 1.807) is 0 Å². The molecule has 6 nitrogen and oxygen atoms in total. The summed E-state index contributed by atoms with van der Waals surface area (Å²) in [6.45, 7) is 2.14. The molecule has 0 aliphatic carbocycles. The first-order valence-electron chi connectivity index (χ1n) is 6.24. The minimum atomic E-state index is -3.95. The van der Waals surface area contributed by atoms with Gasteiger partial charge in [-0.2, -0.15) is 4.31 Å². The van der Waals surface area contributed by atoms with Crippen LogP contribution in [0.25, 0.3) is 0 Å². The molecule has 0 spiro atoms. The van der Waals surface area contributed by atoms with E-state index >= 15 is 0 Å². The molecular weight excluding hydrogens is 344 g/mol. The van der Waals surface area contributed by atoms with E-state index in [0.29, 0.717) is 0 Å². The predicted octanol–water partition coefficient (Wildman–Crippen LogP) is 1.52. The van der Waals surface area contributed by atoms with Crippen LogP contribution in [0.15, 0.2) is 45.5 Å². The minimum Gasteiger partial charge on any atom is -0.225 e. The van der Waals surface area contributed by atoms with E-state index in [0.717, 1.165) is 16.5 Å². The lowest BCUT2D eigenvalue weighted by Crippen LogP contribution is -2.26. The molecule has 1 aromatic carbocycles. The predicted molar refractivity (Wildman–Crippen MR) is 85.5 cm³/mol. The third-order valence-electron chi connectivity index (χ3n) is 3.18. The number of benzene rings is 1. The standard InChI is InChI=1S/C13H16N2O4S3/c1-10-6-7-20-13(10)9-15(2)22(18,19)12-5-3-4-11(8-12)21(14,16)17/h3-8H,9H2,1-2H3,(H2,14,16,17). The van der Waals surface area contributed by atoms with E-state index in [1.807, 2.05) is 18.4 Å². The van der Waals surface area contributed by atoms with Gasteiger partial charge in [-0.1, -0.05) is 6.07 Å². The fourth-order valence-corrected chi connectivity index (χ4v) is 4.70. The Labute approximate surface area is 134 Å². The molecule has 0 radical (unpaired) electrons. The Morgan fingerprint density at radius 3 is 2.32 bits per heavy atom. The van der Waals surface area contributed by atoms with E-state index in [4.69, 9.17) is 5.14 Å². The van der Waals surface area contributed by atoms with E-state index in [1.165, 1.54) is 40.9 Å². The van der Waals surface area contributed by atoms with Gasteiger partial charge >= 0.3 is 0 Å². The second-order valence-corrected chi connectivity index (χ2v) is 9.41. The zero-order valence-corrected chi connectivity index (χ0v) is 14.5. The van der Waals surface area contributed by atoms with Crippen LogP contribution in [0.4, 0.5) is 0 Å². The molecular formula is C13H16N2O4S3. The Kier molecular flexibility index (Phi) is 4.73. The first-order valence-corrected chi connectivity index (χ1v) is 10.1. The highest BCUT2D eigenvalue weighted by atomic mass is 32.2. The van der Waals surface area contributed by atoms with Gasteiger partial charge in [-0.25, -0.2) is 22.0 Å². The fourth-order valence-electron chi connectivity index (χ4n) is 1.84. The van der Waals surface area contributed by atoms with Crippen LogP contribution >= 0.6 is 11.3 Å². The zero-order chi connectivity index (χ0) is 16.5. The molecule has 1 heterocycles. The number of nitrogens with two attached hydrogens (primary N) is 1. The number of sulfonamides is 2. The number of hydrogen-bond donors (Lipinski definition) is 1. The number of aryl methyl sites for hydroxylation is 1. The molecule has 0 saturated heterocycles. The lowest BCUT2D eigenvalue weighted by Gasteiger charge is -2.17. The van der Waals surface area contributed by atoms with Crippen molar-refractivity contribution in [2.45, 2.75) is 23.3 Å². The molecule has 0 fully saturated rings. The molecule has 0 unspecified atom stereocenters. The van der Waals surface area contributed by atoms with Gasteiger partial charge in [0.2, 0.25) is 20.0 Å². The largest absolute Gasteiger partial charge is 0.243 e. The van der Waals surface area contributed by atoms with Gasteiger partial charge in [0.15, 0.2) is 0 Å². The highest BCUT2D eigenvalue weighted by Gasteiger charge is 2.23. The summed E-state index contributed by atoms with van der Waals surface area (Å²) in [5.74, 6) is 0. The quantitative estimate of drug-likeness (QED) is 0.874. The van der Waals surface area contributed by atoms with Crippen LogP contribution in [0.2, 0.25) is 0 Å². The van der Waals surface area contributed by atoms with Crippen LogP contribution in [0.5, 0.6) is 0 Å². The Balaban J connectivity index is 2.36. The summed E-state index contributed by atoms with van der Waals surface area (Å²) in [5, 5.41) is 6.94. The SMILES string of the molecule is Cc1ccsc1CN(C)S(=O)(=O)c1cccc(S(N)(=O)=O)c1. The summed E-state index contributed by atoms with van der Waals surface area (Å²) in [6, 6.07) is 6.96. The molecule has 22 heavy (non-hydrogen) atoms. The van der Waals surface area contributed by atoms with Crippen LogP contribution in [-0.2, 0) is 26.6 Å². The number of rotatable bonds is 5. The topological polar surface area (TPSA) is 97.5 Å². The maximum atomic E-state index is 12.5. The van der Waals surface area contributed by atoms with Crippen LogP contribution in [0, 0.1) is 6.92 Å². The van der Waals surface area contributed by atoms with Crippen molar-refractivity contribution in [1.82, 2.24) is 4.31 Å². The summed E-state index contributed by atoms with van der Waals surface area (Å²) in [5.41, 5.74) is 1.02. The normalized spacial score (nSPS) is 12.7. The molecule has 0 amide bonds. The molecule has 2 aromatic rings. The number of thiophene rings is 1. The van der Waals surface area contributed by atoms with Crippen LogP contribution < -0.4 is 5.14 Å². The molecule has 2 rings (SSSR count). The van der Waals surface area contributed by atoms with Gasteiger partial charge in [0, 0.05) is 18.5 Å². The average Bonchev–Trinajstić information content (AvgIpc) is 2.83. The van der Waals surface area contributed by atoms with E-state index < -0.39 is 20.0 Å². The highest BCUT2D eigenvalue weighted by Crippen LogP contribution is 2.23. The average molecular weight is 360 g/mol. The van der Waals surface area contributed by atoms with Gasteiger partial charge in [-0.3, -0.25) is 0 Å². The van der Waals surface area contributed by atoms with Crippen LogP contribution in [0.3, 0.4) is 0 Å². The number of hydrogen-bond acceptors (Lipinski definition) is 5. The van der Waals surface area contributed by atoms with E-state index in [9.17, 15) is 16.8 Å². The molecule has 0 aliphatic rings. The van der Waals surface area contributed by atoms with Crippen molar-refractivity contribution >= 4 is 31.4 Å². The second kappa shape index (κ2) is 6.09. The monoisotopic (exact) mass is 360 g/mol. The molecule has 1 aromatic heterocycles. The van der Waals surface area contributed by atoms with Crippen molar-refractivity contribution in [1.29, 1.82) is 0 Å². The summed E-state index contributed by atoms with van der Waals surface area (Å²) < 4.78 is 49.0. The molecule has 0 bridgehead atoms. The van der Waals surface area contributed by atoms with E-state index in [2.05, 4.69) is 0 Å². The third-order valence-corrected chi connectivity index (χ3v) is 6.89. The van der Waals surface area contributed by atoms with Crippen molar-refractivity contribution < 1.29 is 16.8 Å². The van der Waals surface area contributed by atoms with E-state index in [-0.39, 0.29) is 16.3 Å². The molecule has 2 N–H and O–H groups in total. The van der Waals surface area contributed by atoms with Gasteiger partial charge in [0.25, 0.3) is 0 Å². The molecule has 9 heteroatoms. The van der Waals surface area contributed by atoms with Crippen molar-refractivity contribution in [2.24, 2.45) is 5.14 Å². The Bertz CT molecular complexity index is 886. The summed E-state index contributed by atoms with van der Waals surface area (Å²) in [7, 11) is -6.29. The maximum Gasteiger partial charge on any atom is 0.243 e. The van der Waals surface area contributed by atoms with Crippen LogP contribution in [-0.4, -0.2) is 28.2 Å². The number of nitrogens with zero attached hydrogens (tertiary/aromatic N) is 1. The minimum absolute atomic E-state index is 0.101. The van der Waals surface area contributed by atoms with Crippen molar-refractivity contribution in [3.05, 3.63) is 46.2 Å². The maximum absolute atomic E-state index is 12.5. The number of primary sulfonamides is 1. The zero-order valence-electron chi connectivity index (χ0n) is 12.1. The summed E-state index contributed by atoms with van der Waals surface area (Å²) in [6.07, 6.45) is 0. The summed E-state index contributed by atoms with van der Waals surface area (Å²) in [4.78, 5) is 0.610. The van der Waals surface area contributed by atoms with Gasteiger partial charge < -0.3 is 0 Å². The first-order chi connectivity index (χ1) is 10.1. The fraction of sp³-hybridized carbons (Fsp3) is 0.231. The van der Waals surface area contributed by atoms with Gasteiger partial charge in [0.05, 0.1) is 9.79 Å². The first kappa shape index (κ1) is 17.1. The Morgan fingerprint density at radius 2 is 1.77 bits per heavy atom. The summed E-state index contributed by atoms with van der Waals surface area (Å²) >= 11 is 1.47. The Hall–Kier alpha value is -1.26. The third kappa shape index (κ3) is 3.55. The van der Waals surface area contributed by atoms with Gasteiger partial charge in [-0.05, 0) is 42.1 Å². The second-order valence-electron chi connectivity index (χ2n) is 4.81. The van der Waals surface area contributed by atoms with Gasteiger partial charge in [-0.15, -0.1) is 11.3 Å². The van der Waals surface area contributed by atoms with Crippen molar-refractivity contribution in [3.63, 3.8) is 0 Å². The lowest BCUT2D eigenvalue weighted by atomic mass is 10.3. The van der Waals surface area contributed by atoms with Crippen LogP contribution in [0.1, 0.15) is 10.4 Å². The van der Waals surface area contributed by atoms with Crippen molar-refractivity contribution in [3.8, 4) is 0 Å². The molecule has 0 aliphatic heterocycles. The molecule has 0 atom stereocenters. The van der Waals surface area contributed by atoms with Crippen molar-refractivity contribution in [2.75, 3.05) is 7.05 Å². The highest BCUT2D eigenvalue weighted by molar-refractivity contribution is 7.90.